The molecule has 2 aliphatic carbocycles. The highest BCUT2D eigenvalue weighted by Crippen LogP contribution is 2.44. The summed E-state index contributed by atoms with van der Waals surface area (Å²) in [6.45, 7) is 0.217. The first-order valence-corrected chi connectivity index (χ1v) is 12.4. The number of carbonyl (C=O) groups is 3. The zero-order valence-electron chi connectivity index (χ0n) is 18.1. The van der Waals surface area contributed by atoms with Crippen LogP contribution in [0, 0.1) is 5.92 Å². The molecule has 2 aromatic carbocycles. The van der Waals surface area contributed by atoms with Crippen LogP contribution in [0.25, 0.3) is 11.1 Å². The Morgan fingerprint density at radius 2 is 1.70 bits per heavy atom. The van der Waals surface area contributed by atoms with Gasteiger partial charge in [-0.05, 0) is 35.1 Å². The lowest BCUT2D eigenvalue weighted by atomic mass is 9.98. The Bertz CT molecular complexity index is 1040. The summed E-state index contributed by atoms with van der Waals surface area (Å²) in [5, 5.41) is 12.3. The first-order valence-electron chi connectivity index (χ1n) is 11.3. The first kappa shape index (κ1) is 21.8. The summed E-state index contributed by atoms with van der Waals surface area (Å²) in [6.07, 6.45) is 1.59. The summed E-state index contributed by atoms with van der Waals surface area (Å²) in [4.78, 5) is 38.7. The average molecular weight is 467 g/mol. The summed E-state index contributed by atoms with van der Waals surface area (Å²) >= 11 is 1.44. The van der Waals surface area contributed by atoms with Gasteiger partial charge in [0.05, 0.1) is 11.8 Å². The number of carboxylic acids is 1. The van der Waals surface area contributed by atoms with Gasteiger partial charge in [-0.2, -0.15) is 0 Å². The minimum atomic E-state index is -0.979. The van der Waals surface area contributed by atoms with Gasteiger partial charge in [0.15, 0.2) is 0 Å². The zero-order valence-corrected chi connectivity index (χ0v) is 18.9. The zero-order chi connectivity index (χ0) is 22.9. The fourth-order valence-corrected chi connectivity index (χ4v) is 6.45. The minimum Gasteiger partial charge on any atom is -0.480 e. The monoisotopic (exact) mass is 466 g/mol. The molecule has 5 rings (SSSR count). The molecule has 0 bridgehead atoms. The number of ether oxygens (including phenoxy) is 1. The van der Waals surface area contributed by atoms with Gasteiger partial charge in [0.2, 0.25) is 5.91 Å². The Kier molecular flexibility index (Phi) is 6.01. The molecule has 1 saturated carbocycles. The highest BCUT2D eigenvalue weighted by atomic mass is 32.2. The van der Waals surface area contributed by atoms with Crippen molar-refractivity contribution < 1.29 is 24.2 Å². The fraction of sp³-hybridized carbons (Fsp3) is 0.400. The van der Waals surface area contributed by atoms with Crippen LogP contribution in [0.1, 0.15) is 36.3 Å². The minimum absolute atomic E-state index is 0.0258. The number of aliphatic carboxylic acids is 1. The van der Waals surface area contributed by atoms with Crippen LogP contribution < -0.4 is 5.32 Å². The second kappa shape index (κ2) is 9.09. The quantitative estimate of drug-likeness (QED) is 0.698. The summed E-state index contributed by atoms with van der Waals surface area (Å²) in [5.74, 6) is -0.822. The van der Waals surface area contributed by atoms with Crippen molar-refractivity contribution in [2.45, 2.75) is 37.3 Å². The molecule has 3 atom stereocenters. The second-order valence-corrected chi connectivity index (χ2v) is 9.78. The van der Waals surface area contributed by atoms with Crippen LogP contribution in [-0.4, -0.2) is 58.3 Å². The van der Waals surface area contributed by atoms with Crippen molar-refractivity contribution in [3.05, 3.63) is 59.7 Å². The number of thioether (sulfide) groups is 1. The summed E-state index contributed by atoms with van der Waals surface area (Å²) in [7, 11) is 0. The fourth-order valence-electron chi connectivity index (χ4n) is 5.30. The van der Waals surface area contributed by atoms with Gasteiger partial charge in [-0.15, -0.1) is 11.8 Å². The van der Waals surface area contributed by atoms with Gasteiger partial charge in [0.1, 0.15) is 12.6 Å². The van der Waals surface area contributed by atoms with E-state index in [1.54, 1.807) is 0 Å². The molecule has 2 N–H and O–H groups in total. The van der Waals surface area contributed by atoms with Crippen molar-refractivity contribution in [1.29, 1.82) is 0 Å². The Morgan fingerprint density at radius 3 is 2.36 bits per heavy atom. The lowest BCUT2D eigenvalue weighted by Crippen LogP contribution is -2.49. The number of hydrogen-bond acceptors (Lipinski definition) is 5. The standard InChI is InChI=1S/C25H26N2O5S/c28-23(27-14-33-13-22(27)24(29)30)19-10-5-11-21(19)26-25(31)32-12-20-17-8-3-1-6-15(17)16-7-2-4-9-18(16)20/h1-4,6-9,19-22H,5,10-14H2,(H,26,31)(H,29,30)/t19-,21+,22+/m1/s1. The topological polar surface area (TPSA) is 95.9 Å². The van der Waals surface area contributed by atoms with Crippen molar-refractivity contribution >= 4 is 29.7 Å². The number of carboxylic acid groups (broad SMARTS) is 1. The van der Waals surface area contributed by atoms with Crippen LogP contribution in [-0.2, 0) is 14.3 Å². The third-order valence-electron chi connectivity index (χ3n) is 6.93. The van der Waals surface area contributed by atoms with Crippen LogP contribution >= 0.6 is 11.8 Å². The number of rotatable bonds is 5. The molecule has 0 spiro atoms. The lowest BCUT2D eigenvalue weighted by Gasteiger charge is -2.27. The maximum Gasteiger partial charge on any atom is 0.407 e. The maximum absolute atomic E-state index is 13.1. The van der Waals surface area contributed by atoms with Gasteiger partial charge in [-0.3, -0.25) is 4.79 Å². The van der Waals surface area contributed by atoms with E-state index < -0.39 is 24.0 Å². The van der Waals surface area contributed by atoms with Crippen molar-refractivity contribution in [1.82, 2.24) is 10.2 Å². The Balaban J connectivity index is 1.23. The lowest BCUT2D eigenvalue weighted by molar-refractivity contribution is -0.149. The van der Waals surface area contributed by atoms with E-state index in [1.165, 1.54) is 27.8 Å². The van der Waals surface area contributed by atoms with Crippen molar-refractivity contribution in [3.63, 3.8) is 0 Å². The van der Waals surface area contributed by atoms with Gasteiger partial charge in [-0.25, -0.2) is 9.59 Å². The van der Waals surface area contributed by atoms with E-state index in [-0.39, 0.29) is 24.5 Å². The van der Waals surface area contributed by atoms with E-state index in [4.69, 9.17) is 4.74 Å². The summed E-state index contributed by atoms with van der Waals surface area (Å²) in [5.41, 5.74) is 4.62. The van der Waals surface area contributed by atoms with Gasteiger partial charge in [0, 0.05) is 17.7 Å². The Morgan fingerprint density at radius 1 is 1.03 bits per heavy atom. The van der Waals surface area contributed by atoms with Crippen molar-refractivity contribution in [2.24, 2.45) is 5.92 Å². The van der Waals surface area contributed by atoms with Crippen molar-refractivity contribution in [3.8, 4) is 11.1 Å². The van der Waals surface area contributed by atoms with Crippen LogP contribution in [0.2, 0.25) is 0 Å². The number of nitrogens with zero attached hydrogens (tertiary/aromatic N) is 1. The molecule has 0 aromatic heterocycles. The van der Waals surface area contributed by atoms with Crippen LogP contribution in [0.4, 0.5) is 4.79 Å². The molecule has 3 aliphatic rings. The number of carbonyl (C=O) groups excluding carboxylic acids is 2. The normalized spacial score (nSPS) is 23.8. The molecule has 8 heteroatoms. The summed E-state index contributed by atoms with van der Waals surface area (Å²) in [6, 6.07) is 15.2. The maximum atomic E-state index is 13.1. The van der Waals surface area contributed by atoms with Gasteiger partial charge < -0.3 is 20.1 Å². The number of alkyl carbamates (subject to hydrolysis) is 1. The SMILES string of the molecule is O=C(N[C@H]1CCC[C@H]1C(=O)N1CSC[C@H]1C(=O)O)OCC1c2ccccc2-c2ccccc21. The van der Waals surface area contributed by atoms with Crippen LogP contribution in [0.5, 0.6) is 0 Å². The molecular weight excluding hydrogens is 440 g/mol. The van der Waals surface area contributed by atoms with E-state index in [9.17, 15) is 19.5 Å². The number of fused-ring (bicyclic) bond motifs is 3. The molecule has 2 amide bonds. The molecule has 0 unspecified atom stereocenters. The molecule has 1 heterocycles. The molecule has 1 aliphatic heterocycles. The largest absolute Gasteiger partial charge is 0.480 e. The van der Waals surface area contributed by atoms with E-state index >= 15 is 0 Å². The number of nitrogens with one attached hydrogen (secondary N) is 1. The number of hydrogen-bond donors (Lipinski definition) is 2. The third kappa shape index (κ3) is 4.08. The van der Waals surface area contributed by atoms with Gasteiger partial charge in [0.25, 0.3) is 0 Å². The average Bonchev–Trinajstić information content (AvgIpc) is 3.55. The van der Waals surface area contributed by atoms with Crippen molar-refractivity contribution in [2.75, 3.05) is 18.2 Å². The van der Waals surface area contributed by atoms with Crippen LogP contribution in [0.15, 0.2) is 48.5 Å². The second-order valence-electron chi connectivity index (χ2n) is 8.78. The van der Waals surface area contributed by atoms with E-state index in [1.807, 2.05) is 24.3 Å². The van der Waals surface area contributed by atoms with Crippen LogP contribution in [0.3, 0.4) is 0 Å². The highest BCUT2D eigenvalue weighted by Gasteiger charge is 2.42. The van der Waals surface area contributed by atoms with Gasteiger partial charge in [-0.1, -0.05) is 55.0 Å². The molecular formula is C25H26N2O5S. The molecule has 2 fully saturated rings. The molecule has 0 radical (unpaired) electrons. The van der Waals surface area contributed by atoms with Gasteiger partial charge >= 0.3 is 12.1 Å². The first-order chi connectivity index (χ1) is 16.0. The number of benzene rings is 2. The molecule has 2 aromatic rings. The predicted octanol–water partition coefficient (Wildman–Crippen LogP) is 3.68. The highest BCUT2D eigenvalue weighted by molar-refractivity contribution is 7.99. The molecule has 172 valence electrons. The third-order valence-corrected chi connectivity index (χ3v) is 7.94. The van der Waals surface area contributed by atoms with E-state index in [0.717, 1.165) is 17.5 Å². The smallest absolute Gasteiger partial charge is 0.407 e. The summed E-state index contributed by atoms with van der Waals surface area (Å²) < 4.78 is 5.64. The molecule has 7 nitrogen and oxygen atoms in total. The predicted molar refractivity (Wildman–Crippen MR) is 125 cm³/mol. The van der Waals surface area contributed by atoms with E-state index in [0.29, 0.717) is 24.5 Å². The molecule has 33 heavy (non-hydrogen) atoms. The Hall–Kier alpha value is -3.00. The Labute approximate surface area is 196 Å². The number of amides is 2. The van der Waals surface area contributed by atoms with E-state index in [2.05, 4.69) is 29.6 Å². The molecule has 1 saturated heterocycles.